The van der Waals surface area contributed by atoms with Crippen LogP contribution in [0, 0.1) is 18.5 Å². The summed E-state index contributed by atoms with van der Waals surface area (Å²) >= 11 is 0. The van der Waals surface area contributed by atoms with E-state index < -0.39 is 60.4 Å². The largest absolute Gasteiger partial charge is 0.509 e. The Hall–Kier alpha value is -7.33. The predicted octanol–water partition coefficient (Wildman–Crippen LogP) is 13.9. The molecule has 3 heterocycles. The van der Waals surface area contributed by atoms with Crippen LogP contribution in [0.15, 0.2) is 200 Å². The minimum atomic E-state index is -0.575. The number of hydrogen-bond acceptors (Lipinski definition) is 2. The van der Waals surface area contributed by atoms with Crippen molar-refractivity contribution in [3.8, 4) is 62.1 Å². The first-order valence-electron chi connectivity index (χ1n) is 25.5. The van der Waals surface area contributed by atoms with Crippen molar-refractivity contribution in [3.63, 3.8) is 0 Å². The molecule has 11 aromatic rings. The van der Waals surface area contributed by atoms with E-state index in [1.807, 2.05) is 91.1 Å². The third-order valence-electron chi connectivity index (χ3n) is 11.2. The number of fused-ring (bicyclic) bond motifs is 4. The number of benzene rings is 8. The van der Waals surface area contributed by atoms with E-state index >= 15 is 0 Å². The Bertz CT molecular complexity index is 3930. The number of pyridine rings is 1. The molecule has 0 aliphatic heterocycles. The van der Waals surface area contributed by atoms with Gasteiger partial charge in [-0.1, -0.05) is 189 Å². The second-order valence-electron chi connectivity index (χ2n) is 16.1. The third kappa shape index (κ3) is 7.32. The molecule has 11 rings (SSSR count). The van der Waals surface area contributed by atoms with Crippen LogP contribution in [-0.2, 0) is 26.5 Å². The van der Waals surface area contributed by atoms with Crippen LogP contribution in [0.4, 0.5) is 0 Å². The van der Waals surface area contributed by atoms with Gasteiger partial charge in [-0.25, -0.2) is 4.98 Å². The minimum absolute atomic E-state index is 0. The summed E-state index contributed by atoms with van der Waals surface area (Å²) in [6, 6.07) is 43.8. The van der Waals surface area contributed by atoms with E-state index in [1.54, 1.807) is 33.4 Å². The first-order chi connectivity index (χ1) is 35.0. The van der Waals surface area contributed by atoms with Crippen LogP contribution < -0.4 is 9.30 Å². The van der Waals surface area contributed by atoms with E-state index in [9.17, 15) is 0 Å². The van der Waals surface area contributed by atoms with Gasteiger partial charge in [0.2, 0.25) is 0 Å². The minimum Gasteiger partial charge on any atom is -0.509 e. The molecule has 0 fully saturated rings. The zero-order chi connectivity index (χ0) is 51.2. The Balaban J connectivity index is 0.00000626. The summed E-state index contributed by atoms with van der Waals surface area (Å²) in [5.41, 5.74) is 6.21. The van der Waals surface area contributed by atoms with Crippen LogP contribution in [0.3, 0.4) is 0 Å². The first-order valence-corrected chi connectivity index (χ1v) is 20.5. The Morgan fingerprint density at radius 2 is 1.27 bits per heavy atom. The van der Waals surface area contributed by atoms with Crippen LogP contribution >= 0.6 is 0 Å². The zero-order valence-corrected chi connectivity index (χ0v) is 37.1. The van der Waals surface area contributed by atoms with E-state index in [1.165, 1.54) is 0 Å². The molecule has 3 aromatic heterocycles. The molecule has 0 aliphatic carbocycles. The van der Waals surface area contributed by atoms with Gasteiger partial charge in [0, 0.05) is 44.3 Å². The summed E-state index contributed by atoms with van der Waals surface area (Å²) in [4.78, 5) is 4.87. The Kier molecular flexibility index (Phi) is 8.03. The maximum atomic E-state index is 9.05. The number of nitrogens with zero attached hydrogens (tertiary/aromatic N) is 4. The molecule has 0 bridgehead atoms. The fourth-order valence-electron chi connectivity index (χ4n) is 8.17. The van der Waals surface area contributed by atoms with Gasteiger partial charge < -0.3 is 13.9 Å². The molecular weight excluding hydrogens is 964 g/mol. The van der Waals surface area contributed by atoms with Crippen molar-refractivity contribution in [1.82, 2.24) is 14.1 Å². The predicted molar refractivity (Wildman–Crippen MR) is 255 cm³/mol. The van der Waals surface area contributed by atoms with E-state index in [0.717, 1.165) is 44.3 Å². The molecule has 0 N–H and O–H groups in total. The van der Waals surface area contributed by atoms with Crippen molar-refractivity contribution >= 4 is 32.8 Å². The molecule has 0 unspecified atom stereocenters. The number of aromatic nitrogens is 4. The average molecular weight is 1020 g/mol. The normalized spacial score (nSPS) is 13.7. The van der Waals surface area contributed by atoms with Gasteiger partial charge in [0.25, 0.3) is 6.33 Å². The maximum Gasteiger partial charge on any atom is 0.268 e. The van der Waals surface area contributed by atoms with Crippen LogP contribution in [-0.4, -0.2) is 14.1 Å². The molecule has 5 nitrogen and oxygen atoms in total. The summed E-state index contributed by atoms with van der Waals surface area (Å²) in [5, 5.41) is 1.99. The summed E-state index contributed by atoms with van der Waals surface area (Å²) in [5.74, 6) is 1.53. The van der Waals surface area contributed by atoms with Gasteiger partial charge in [0.05, 0.1) is 30.4 Å². The van der Waals surface area contributed by atoms with Crippen molar-refractivity contribution in [3.05, 3.63) is 224 Å². The van der Waals surface area contributed by atoms with Gasteiger partial charge >= 0.3 is 0 Å². The van der Waals surface area contributed by atoms with E-state index in [2.05, 4.69) is 68.1 Å². The van der Waals surface area contributed by atoms with Gasteiger partial charge in [0.15, 0.2) is 0 Å². The molecule has 312 valence electrons. The van der Waals surface area contributed by atoms with Crippen LogP contribution in [0.5, 0.6) is 11.5 Å². The van der Waals surface area contributed by atoms with E-state index in [-0.39, 0.29) is 54.4 Å². The number of para-hydroxylation sites is 4. The molecule has 6 heteroatoms. The SMILES string of the molecule is [2H]c1c([2H])c([2H])c(-c2cccc(-c3c([2H])c([2H])c([2H])c([2H])c3[2H])c2-[n+]2[c-]n(-c3[c-]c(Oc4[c-]c5c(cc4-c4ccccc4)c4ccccc4n5-c4cc(C(C)(C)C)ccn4)ccc3)c3ccccc32)c([2H])c1[2H].[Pt]. The molecule has 0 saturated carbocycles. The Morgan fingerprint density at radius 3 is 1.98 bits per heavy atom. The standard InChI is InChI=1S/C58H42N4O.Pt/c1-58(2,3)43-33-34-59-56(35-43)62-51-30-14-13-27-48(51)50-37-49(42-23-11-6-12-24-42)55(38-54(50)62)63-45-26-17-25-44(36-45)60-39-61(53-32-16-15-31-52(53)60)57-46(40-19-7-4-8-20-40)28-18-29-47(57)41-21-9-5-10-22-41;/h4-35,37H,1-3H3;/q-2;/i4D,5D,7D,8D,9D,10D,19D,20D,21D,22D;. The summed E-state index contributed by atoms with van der Waals surface area (Å²) in [7, 11) is 0. The molecular formula is C58H42N4OPt-2. The molecule has 0 spiro atoms. The van der Waals surface area contributed by atoms with Crippen LogP contribution in [0.25, 0.3) is 83.4 Å². The van der Waals surface area contributed by atoms with Gasteiger partial charge in [-0.2, -0.15) is 18.2 Å². The molecule has 0 amide bonds. The van der Waals surface area contributed by atoms with Crippen molar-refractivity contribution in [1.29, 1.82) is 0 Å². The summed E-state index contributed by atoms with van der Waals surface area (Å²) < 4.78 is 99.7. The van der Waals surface area contributed by atoms with Gasteiger partial charge in [-0.05, 0) is 62.5 Å². The zero-order valence-electron chi connectivity index (χ0n) is 44.8. The van der Waals surface area contributed by atoms with E-state index in [4.69, 9.17) is 23.4 Å². The molecule has 64 heavy (non-hydrogen) atoms. The molecule has 0 saturated heterocycles. The van der Waals surface area contributed by atoms with Crippen molar-refractivity contribution in [2.24, 2.45) is 0 Å². The van der Waals surface area contributed by atoms with Gasteiger partial charge in [-0.15, -0.1) is 23.6 Å². The smallest absolute Gasteiger partial charge is 0.268 e. The fourth-order valence-corrected chi connectivity index (χ4v) is 8.17. The Labute approximate surface area is 401 Å². The number of rotatable bonds is 8. The fraction of sp³-hybridized carbons (Fsp3) is 0.0690. The summed E-state index contributed by atoms with van der Waals surface area (Å²) in [6.07, 6.45) is 5.27. The van der Waals surface area contributed by atoms with E-state index in [0.29, 0.717) is 28.2 Å². The number of hydrogen-bond donors (Lipinski definition) is 0. The first kappa shape index (κ1) is 30.7. The Morgan fingerprint density at radius 1 is 0.609 bits per heavy atom. The van der Waals surface area contributed by atoms with Crippen molar-refractivity contribution in [2.75, 3.05) is 0 Å². The second kappa shape index (κ2) is 16.7. The average Bonchev–Trinajstić information content (AvgIpc) is 3.94. The van der Waals surface area contributed by atoms with Gasteiger partial charge in [0.1, 0.15) is 5.82 Å². The maximum absolute atomic E-state index is 9.05. The molecule has 0 aliphatic rings. The molecule has 8 aromatic carbocycles. The molecule has 0 radical (unpaired) electrons. The van der Waals surface area contributed by atoms with Crippen LogP contribution in [0.2, 0.25) is 0 Å². The number of imidazole rings is 1. The second-order valence-corrected chi connectivity index (χ2v) is 16.1. The monoisotopic (exact) mass is 1020 g/mol. The van der Waals surface area contributed by atoms with Crippen molar-refractivity contribution in [2.45, 2.75) is 26.2 Å². The van der Waals surface area contributed by atoms with Crippen molar-refractivity contribution < 1.29 is 44.1 Å². The van der Waals surface area contributed by atoms with Crippen LogP contribution in [0.1, 0.15) is 40.0 Å². The number of ether oxygens (including phenoxy) is 1. The quantitative estimate of drug-likeness (QED) is 0.112. The topological polar surface area (TPSA) is 35.9 Å². The molecule has 0 atom stereocenters. The van der Waals surface area contributed by atoms with Gasteiger partial charge in [-0.3, -0.25) is 4.57 Å². The third-order valence-corrected chi connectivity index (χ3v) is 11.2. The summed E-state index contributed by atoms with van der Waals surface area (Å²) in [6.45, 7) is 6.52.